The minimum absolute atomic E-state index is 0.362. The fraction of sp³-hybridized carbons (Fsp3) is 0.357. The standard InChI is InChI=1S/C14H13NO4/c16-12-8-4-1-2-5-9(8)13(17)15(12)11-7-3-6-10(11)14(18)19/h1-2,4-5,10-11H,3,6-7H2,(H,18,19). The van der Waals surface area contributed by atoms with Gasteiger partial charge in [-0.3, -0.25) is 19.3 Å². The molecule has 2 amide bonds. The Hall–Kier alpha value is -2.17. The smallest absolute Gasteiger partial charge is 0.308 e. The molecule has 5 nitrogen and oxygen atoms in total. The monoisotopic (exact) mass is 259 g/mol. The summed E-state index contributed by atoms with van der Waals surface area (Å²) in [4.78, 5) is 36.9. The number of hydrogen-bond acceptors (Lipinski definition) is 3. The first-order valence-corrected chi connectivity index (χ1v) is 6.31. The Morgan fingerprint density at radius 2 is 1.68 bits per heavy atom. The zero-order valence-electron chi connectivity index (χ0n) is 10.2. The van der Waals surface area contributed by atoms with Crippen LogP contribution < -0.4 is 0 Å². The van der Waals surface area contributed by atoms with Crippen LogP contribution in [0.1, 0.15) is 40.0 Å². The summed E-state index contributed by atoms with van der Waals surface area (Å²) in [6.07, 6.45) is 1.82. The molecule has 19 heavy (non-hydrogen) atoms. The molecule has 0 bridgehead atoms. The summed E-state index contributed by atoms with van der Waals surface area (Å²) in [7, 11) is 0. The second-order valence-corrected chi connectivity index (χ2v) is 4.97. The van der Waals surface area contributed by atoms with Crippen LogP contribution >= 0.6 is 0 Å². The Bertz CT molecular complexity index is 546. The van der Waals surface area contributed by atoms with Crippen molar-refractivity contribution in [1.29, 1.82) is 0 Å². The number of aliphatic carboxylic acids is 1. The van der Waals surface area contributed by atoms with E-state index in [0.717, 1.165) is 11.3 Å². The zero-order valence-corrected chi connectivity index (χ0v) is 10.2. The molecule has 1 fully saturated rings. The van der Waals surface area contributed by atoms with Gasteiger partial charge in [-0.1, -0.05) is 18.6 Å². The van der Waals surface area contributed by atoms with E-state index in [0.29, 0.717) is 24.0 Å². The van der Waals surface area contributed by atoms with Crippen molar-refractivity contribution in [3.05, 3.63) is 35.4 Å². The van der Waals surface area contributed by atoms with E-state index in [1.165, 1.54) is 0 Å². The van der Waals surface area contributed by atoms with Gasteiger partial charge in [-0.05, 0) is 25.0 Å². The van der Waals surface area contributed by atoms with Crippen LogP contribution in [-0.4, -0.2) is 33.8 Å². The number of nitrogens with zero attached hydrogens (tertiary/aromatic N) is 1. The van der Waals surface area contributed by atoms with Crippen LogP contribution in [0.5, 0.6) is 0 Å². The molecule has 1 saturated carbocycles. The van der Waals surface area contributed by atoms with Gasteiger partial charge in [0, 0.05) is 0 Å². The summed E-state index contributed by atoms with van der Waals surface area (Å²) >= 11 is 0. The molecule has 1 aliphatic carbocycles. The molecule has 2 atom stereocenters. The summed E-state index contributed by atoms with van der Waals surface area (Å²) in [5.41, 5.74) is 0.757. The van der Waals surface area contributed by atoms with Gasteiger partial charge >= 0.3 is 5.97 Å². The highest BCUT2D eigenvalue weighted by molar-refractivity contribution is 6.21. The minimum Gasteiger partial charge on any atom is -0.481 e. The van der Waals surface area contributed by atoms with E-state index in [-0.39, 0.29) is 11.8 Å². The van der Waals surface area contributed by atoms with E-state index in [1.807, 2.05) is 0 Å². The molecule has 1 N–H and O–H groups in total. The first-order chi connectivity index (χ1) is 9.11. The third-order valence-electron chi connectivity index (χ3n) is 3.95. The topological polar surface area (TPSA) is 74.7 Å². The predicted molar refractivity (Wildman–Crippen MR) is 65.7 cm³/mol. The summed E-state index contributed by atoms with van der Waals surface area (Å²) in [5, 5.41) is 9.18. The van der Waals surface area contributed by atoms with Crippen LogP contribution in [0.25, 0.3) is 0 Å². The highest BCUT2D eigenvalue weighted by Gasteiger charge is 2.46. The third-order valence-corrected chi connectivity index (χ3v) is 3.95. The maximum atomic E-state index is 12.3. The second kappa shape index (κ2) is 4.19. The number of hydrogen-bond donors (Lipinski definition) is 1. The second-order valence-electron chi connectivity index (χ2n) is 4.97. The largest absolute Gasteiger partial charge is 0.481 e. The molecule has 5 heteroatoms. The van der Waals surface area contributed by atoms with Crippen LogP contribution in [-0.2, 0) is 4.79 Å². The molecular weight excluding hydrogens is 246 g/mol. The molecule has 0 radical (unpaired) electrons. The fourth-order valence-corrected chi connectivity index (χ4v) is 3.05. The number of fused-ring (bicyclic) bond motifs is 1. The van der Waals surface area contributed by atoms with Crippen molar-refractivity contribution in [1.82, 2.24) is 4.90 Å². The van der Waals surface area contributed by atoms with Gasteiger partial charge in [-0.2, -0.15) is 0 Å². The van der Waals surface area contributed by atoms with Gasteiger partial charge in [0.15, 0.2) is 0 Å². The van der Waals surface area contributed by atoms with E-state index in [1.54, 1.807) is 24.3 Å². The number of benzene rings is 1. The highest BCUT2D eigenvalue weighted by atomic mass is 16.4. The maximum absolute atomic E-state index is 12.3. The van der Waals surface area contributed by atoms with E-state index in [2.05, 4.69) is 0 Å². The first-order valence-electron chi connectivity index (χ1n) is 6.31. The lowest BCUT2D eigenvalue weighted by atomic mass is 10.0. The zero-order chi connectivity index (χ0) is 13.6. The van der Waals surface area contributed by atoms with Crippen molar-refractivity contribution in [2.75, 3.05) is 0 Å². The van der Waals surface area contributed by atoms with Gasteiger partial charge in [-0.25, -0.2) is 0 Å². The molecule has 1 aliphatic heterocycles. The lowest BCUT2D eigenvalue weighted by Gasteiger charge is -2.25. The van der Waals surface area contributed by atoms with Gasteiger partial charge in [0.2, 0.25) is 0 Å². The van der Waals surface area contributed by atoms with Gasteiger partial charge in [0.25, 0.3) is 11.8 Å². The number of imide groups is 1. The third kappa shape index (κ3) is 1.65. The molecule has 2 aliphatic rings. The average Bonchev–Trinajstić information content (AvgIpc) is 2.95. The van der Waals surface area contributed by atoms with Crippen molar-refractivity contribution in [2.45, 2.75) is 25.3 Å². The number of rotatable bonds is 2. The normalized spacial score (nSPS) is 25.8. The quantitative estimate of drug-likeness (QED) is 0.817. The van der Waals surface area contributed by atoms with Gasteiger partial charge < -0.3 is 5.11 Å². The van der Waals surface area contributed by atoms with Crippen molar-refractivity contribution >= 4 is 17.8 Å². The van der Waals surface area contributed by atoms with Crippen molar-refractivity contribution in [3.8, 4) is 0 Å². The molecule has 0 spiro atoms. The molecule has 1 aromatic carbocycles. The van der Waals surface area contributed by atoms with Gasteiger partial charge in [0.1, 0.15) is 0 Å². The molecule has 0 saturated heterocycles. The number of carbonyl (C=O) groups excluding carboxylic acids is 2. The van der Waals surface area contributed by atoms with Crippen LogP contribution in [0, 0.1) is 5.92 Å². The van der Waals surface area contributed by atoms with Gasteiger partial charge in [0.05, 0.1) is 23.1 Å². The number of carboxylic acids is 1. The molecule has 2 unspecified atom stereocenters. The summed E-state index contributed by atoms with van der Waals surface area (Å²) in [6, 6.07) is 6.12. The Labute approximate surface area is 109 Å². The Morgan fingerprint density at radius 3 is 2.21 bits per heavy atom. The van der Waals surface area contributed by atoms with Crippen molar-refractivity contribution < 1.29 is 19.5 Å². The summed E-state index contributed by atoms with van der Waals surface area (Å²) in [5.74, 6) is -2.29. The van der Waals surface area contributed by atoms with Crippen LogP contribution in [0.4, 0.5) is 0 Å². The van der Waals surface area contributed by atoms with E-state index in [4.69, 9.17) is 0 Å². The highest BCUT2D eigenvalue weighted by Crippen LogP contribution is 2.35. The number of amides is 2. The molecule has 98 valence electrons. The Balaban J connectivity index is 1.98. The molecule has 1 heterocycles. The van der Waals surface area contributed by atoms with Crippen LogP contribution in [0.3, 0.4) is 0 Å². The average molecular weight is 259 g/mol. The van der Waals surface area contributed by atoms with Crippen molar-refractivity contribution in [2.24, 2.45) is 5.92 Å². The lowest BCUT2D eigenvalue weighted by Crippen LogP contribution is -2.44. The number of carboxylic acid groups (broad SMARTS) is 1. The molecule has 1 aromatic rings. The van der Waals surface area contributed by atoms with E-state index in [9.17, 15) is 19.5 Å². The fourth-order valence-electron chi connectivity index (χ4n) is 3.05. The molecule has 3 rings (SSSR count). The van der Waals surface area contributed by atoms with Crippen LogP contribution in [0.2, 0.25) is 0 Å². The van der Waals surface area contributed by atoms with E-state index < -0.39 is 17.9 Å². The van der Waals surface area contributed by atoms with Crippen molar-refractivity contribution in [3.63, 3.8) is 0 Å². The summed E-state index contributed by atoms with van der Waals surface area (Å²) in [6.45, 7) is 0. The minimum atomic E-state index is -0.931. The SMILES string of the molecule is O=C(O)C1CCCC1N1C(=O)c2ccccc2C1=O. The molecule has 0 aromatic heterocycles. The Kier molecular flexibility index (Phi) is 2.62. The van der Waals surface area contributed by atoms with E-state index >= 15 is 0 Å². The van der Waals surface area contributed by atoms with Gasteiger partial charge in [-0.15, -0.1) is 0 Å². The lowest BCUT2D eigenvalue weighted by molar-refractivity contribution is -0.142. The summed E-state index contributed by atoms with van der Waals surface area (Å²) < 4.78 is 0. The first kappa shape index (κ1) is 11.9. The Morgan fingerprint density at radius 1 is 1.11 bits per heavy atom. The predicted octanol–water partition coefficient (Wildman–Crippen LogP) is 1.54. The molecular formula is C14H13NO4. The van der Waals surface area contributed by atoms with Crippen LogP contribution in [0.15, 0.2) is 24.3 Å². The maximum Gasteiger partial charge on any atom is 0.308 e. The number of carbonyl (C=O) groups is 3.